The summed E-state index contributed by atoms with van der Waals surface area (Å²) in [4.78, 5) is 14.5. The average molecular weight is 304 g/mol. The van der Waals surface area contributed by atoms with E-state index in [1.165, 1.54) is 5.51 Å². The first kappa shape index (κ1) is 13.0. The SMILES string of the molecule is O=C(O)c1ncsc1S(=O)(=O)NC1CC2CCC1O2. The van der Waals surface area contributed by atoms with Crippen molar-refractivity contribution >= 4 is 27.3 Å². The Morgan fingerprint density at radius 2 is 2.32 bits per heavy atom. The smallest absolute Gasteiger partial charge is 0.356 e. The normalized spacial score (nSPS) is 29.8. The fourth-order valence-corrected chi connectivity index (χ4v) is 5.02. The van der Waals surface area contributed by atoms with Gasteiger partial charge in [0.2, 0.25) is 0 Å². The molecule has 2 N–H and O–H groups in total. The van der Waals surface area contributed by atoms with Gasteiger partial charge >= 0.3 is 5.97 Å². The van der Waals surface area contributed by atoms with Crippen LogP contribution in [0.15, 0.2) is 9.72 Å². The number of nitrogens with one attached hydrogen (secondary N) is 1. The van der Waals surface area contributed by atoms with Crippen molar-refractivity contribution in [2.45, 2.75) is 41.7 Å². The van der Waals surface area contributed by atoms with Crippen LogP contribution in [0.25, 0.3) is 0 Å². The quantitative estimate of drug-likeness (QED) is 0.836. The van der Waals surface area contributed by atoms with Gasteiger partial charge in [-0.15, -0.1) is 11.3 Å². The molecule has 0 spiro atoms. The van der Waals surface area contributed by atoms with Gasteiger partial charge in [-0.05, 0) is 19.3 Å². The minimum Gasteiger partial charge on any atom is -0.476 e. The summed E-state index contributed by atoms with van der Waals surface area (Å²) in [6, 6.07) is -0.271. The summed E-state index contributed by atoms with van der Waals surface area (Å²) in [5, 5.41) is 8.91. The molecule has 2 bridgehead atoms. The number of hydrogen-bond acceptors (Lipinski definition) is 6. The van der Waals surface area contributed by atoms with Crippen molar-refractivity contribution in [1.82, 2.24) is 9.71 Å². The van der Waals surface area contributed by atoms with Gasteiger partial charge < -0.3 is 9.84 Å². The lowest BCUT2D eigenvalue weighted by Gasteiger charge is -2.19. The number of fused-ring (bicyclic) bond motifs is 2. The van der Waals surface area contributed by atoms with Gasteiger partial charge in [0.05, 0.1) is 23.8 Å². The van der Waals surface area contributed by atoms with Crippen LogP contribution in [0.3, 0.4) is 0 Å². The Kier molecular flexibility index (Phi) is 3.08. The molecule has 3 atom stereocenters. The van der Waals surface area contributed by atoms with Crippen LogP contribution in [-0.4, -0.2) is 42.7 Å². The van der Waals surface area contributed by atoms with Crippen molar-refractivity contribution in [2.24, 2.45) is 0 Å². The van der Waals surface area contributed by atoms with Gasteiger partial charge in [0.25, 0.3) is 10.0 Å². The van der Waals surface area contributed by atoms with Crippen molar-refractivity contribution < 1.29 is 23.1 Å². The van der Waals surface area contributed by atoms with Gasteiger partial charge in [-0.25, -0.2) is 22.9 Å². The number of rotatable bonds is 4. The summed E-state index contributed by atoms with van der Waals surface area (Å²) < 4.78 is 32.2. The lowest BCUT2D eigenvalue weighted by Crippen LogP contribution is -2.41. The summed E-state index contributed by atoms with van der Waals surface area (Å²) in [5.41, 5.74) is 0.788. The van der Waals surface area contributed by atoms with Gasteiger partial charge in [0.1, 0.15) is 0 Å². The molecule has 0 aromatic carbocycles. The van der Waals surface area contributed by atoms with Gasteiger partial charge in [-0.2, -0.15) is 0 Å². The molecule has 1 aromatic rings. The second kappa shape index (κ2) is 4.51. The van der Waals surface area contributed by atoms with Crippen molar-refractivity contribution in [3.8, 4) is 0 Å². The predicted molar refractivity (Wildman–Crippen MR) is 65.7 cm³/mol. The van der Waals surface area contributed by atoms with E-state index in [4.69, 9.17) is 9.84 Å². The molecule has 7 nitrogen and oxygen atoms in total. The molecule has 0 aliphatic carbocycles. The largest absolute Gasteiger partial charge is 0.476 e. The standard InChI is InChI=1S/C10H12N2O5S2/c13-9(14)8-10(18-4-11-8)19(15,16)12-6-3-5-1-2-7(6)17-5/h4-7,12H,1-3H2,(H,13,14). The zero-order valence-corrected chi connectivity index (χ0v) is 11.4. The fraction of sp³-hybridized carbons (Fsp3) is 0.600. The van der Waals surface area contributed by atoms with Crippen LogP contribution in [0.4, 0.5) is 0 Å². The van der Waals surface area contributed by atoms with E-state index in [0.29, 0.717) is 6.42 Å². The van der Waals surface area contributed by atoms with Gasteiger partial charge in [-0.1, -0.05) is 0 Å². The topological polar surface area (TPSA) is 106 Å². The number of thiazole rings is 1. The van der Waals surface area contributed by atoms with E-state index in [9.17, 15) is 13.2 Å². The van der Waals surface area contributed by atoms with E-state index in [1.54, 1.807) is 0 Å². The van der Waals surface area contributed by atoms with Crippen LogP contribution >= 0.6 is 11.3 Å². The highest BCUT2D eigenvalue weighted by atomic mass is 32.2. The molecule has 19 heavy (non-hydrogen) atoms. The summed E-state index contributed by atoms with van der Waals surface area (Å²) in [7, 11) is -3.85. The number of carbonyl (C=O) groups is 1. The molecule has 1 aromatic heterocycles. The lowest BCUT2D eigenvalue weighted by atomic mass is 9.96. The summed E-state index contributed by atoms with van der Waals surface area (Å²) in [6.45, 7) is 0. The number of aromatic nitrogens is 1. The molecular formula is C10H12N2O5S2. The minimum atomic E-state index is -3.85. The molecule has 3 heterocycles. The second-order valence-corrected chi connectivity index (χ2v) is 7.39. The first-order valence-electron chi connectivity index (χ1n) is 5.82. The minimum absolute atomic E-state index is 0.0963. The van der Waals surface area contributed by atoms with Crippen LogP contribution in [-0.2, 0) is 14.8 Å². The average Bonchev–Trinajstić information content (AvgIpc) is 3.04. The Bertz CT molecular complexity index is 611. The summed E-state index contributed by atoms with van der Waals surface area (Å²) in [5.74, 6) is -1.34. The van der Waals surface area contributed by atoms with E-state index in [0.717, 1.165) is 24.2 Å². The number of aromatic carboxylic acids is 1. The second-order valence-electron chi connectivity index (χ2n) is 4.63. The highest BCUT2D eigenvalue weighted by Crippen LogP contribution is 2.35. The Hall–Kier alpha value is -1.03. The molecular weight excluding hydrogens is 292 g/mol. The number of nitrogens with zero attached hydrogens (tertiary/aromatic N) is 1. The van der Waals surface area contributed by atoms with Crippen LogP contribution in [0, 0.1) is 0 Å². The van der Waals surface area contributed by atoms with Crippen LogP contribution in [0.1, 0.15) is 29.8 Å². The van der Waals surface area contributed by atoms with E-state index in [2.05, 4.69) is 9.71 Å². The van der Waals surface area contributed by atoms with E-state index in [-0.39, 0.29) is 22.5 Å². The Morgan fingerprint density at radius 3 is 2.89 bits per heavy atom. The van der Waals surface area contributed by atoms with Gasteiger partial charge in [-0.3, -0.25) is 0 Å². The number of sulfonamides is 1. The molecule has 0 saturated carbocycles. The summed E-state index contributed by atoms with van der Waals surface area (Å²) >= 11 is 0.805. The van der Waals surface area contributed by atoms with Gasteiger partial charge in [0, 0.05) is 0 Å². The third-order valence-corrected chi connectivity index (χ3v) is 6.25. The number of carboxylic acid groups (broad SMARTS) is 1. The van der Waals surface area contributed by atoms with Crippen molar-refractivity contribution in [3.63, 3.8) is 0 Å². The maximum absolute atomic E-state index is 12.2. The summed E-state index contributed by atoms with van der Waals surface area (Å²) in [6.07, 6.45) is 2.47. The molecule has 104 valence electrons. The van der Waals surface area contributed by atoms with Crippen LogP contribution in [0.5, 0.6) is 0 Å². The maximum atomic E-state index is 12.2. The molecule has 0 amide bonds. The monoisotopic (exact) mass is 304 g/mol. The Balaban J connectivity index is 1.83. The van der Waals surface area contributed by atoms with Gasteiger partial charge in [0.15, 0.2) is 9.90 Å². The van der Waals surface area contributed by atoms with E-state index >= 15 is 0 Å². The number of ether oxygens (including phenoxy) is 1. The first-order chi connectivity index (χ1) is 8.97. The zero-order valence-electron chi connectivity index (χ0n) is 9.77. The molecule has 9 heteroatoms. The molecule has 2 saturated heterocycles. The lowest BCUT2D eigenvalue weighted by molar-refractivity contribution is 0.0687. The van der Waals surface area contributed by atoms with Crippen molar-refractivity contribution in [1.29, 1.82) is 0 Å². The molecule has 0 radical (unpaired) electrons. The zero-order chi connectivity index (χ0) is 13.6. The third-order valence-electron chi connectivity index (χ3n) is 3.39. The predicted octanol–water partition coefficient (Wildman–Crippen LogP) is 0.440. The molecule has 3 unspecified atom stereocenters. The van der Waals surface area contributed by atoms with Crippen molar-refractivity contribution in [2.75, 3.05) is 0 Å². The van der Waals surface area contributed by atoms with Crippen LogP contribution in [0.2, 0.25) is 0 Å². The fourth-order valence-electron chi connectivity index (χ4n) is 2.58. The van der Waals surface area contributed by atoms with E-state index in [1.807, 2.05) is 0 Å². The Morgan fingerprint density at radius 1 is 1.53 bits per heavy atom. The van der Waals surface area contributed by atoms with Crippen molar-refractivity contribution in [3.05, 3.63) is 11.2 Å². The molecule has 2 fully saturated rings. The van der Waals surface area contributed by atoms with Crippen LogP contribution < -0.4 is 4.72 Å². The first-order valence-corrected chi connectivity index (χ1v) is 8.18. The third kappa shape index (κ3) is 2.27. The van der Waals surface area contributed by atoms with E-state index < -0.39 is 21.7 Å². The number of hydrogen-bond donors (Lipinski definition) is 2. The maximum Gasteiger partial charge on any atom is 0.356 e. The molecule has 2 aliphatic rings. The molecule has 2 aliphatic heterocycles. The Labute approximate surface area is 113 Å². The number of carboxylic acids is 1. The molecule has 3 rings (SSSR count). The highest BCUT2D eigenvalue weighted by Gasteiger charge is 2.43. The highest BCUT2D eigenvalue weighted by molar-refractivity contribution is 7.91.